The second-order valence-corrected chi connectivity index (χ2v) is 3.48. The molecule has 0 aliphatic rings. The molecular formula is C12H21BN2O3. The van der Waals surface area contributed by atoms with E-state index in [0.717, 1.165) is 0 Å². The summed E-state index contributed by atoms with van der Waals surface area (Å²) in [4.78, 5) is 13.6. The van der Waals surface area contributed by atoms with Crippen LogP contribution in [0.25, 0.3) is 0 Å². The summed E-state index contributed by atoms with van der Waals surface area (Å²) in [5.41, 5.74) is 5.31. The highest BCUT2D eigenvalue weighted by atomic mass is 16.4. The van der Waals surface area contributed by atoms with E-state index in [1.165, 1.54) is 13.1 Å². The minimum absolute atomic E-state index is 0.0903. The molecule has 0 saturated carbocycles. The number of hydrogen-bond donors (Lipinski definition) is 3. The summed E-state index contributed by atoms with van der Waals surface area (Å²) in [6, 6.07) is 6.40. The lowest BCUT2D eigenvalue weighted by atomic mass is 9.79. The molecule has 100 valence electrons. The zero-order valence-corrected chi connectivity index (χ0v) is 11.1. The second kappa shape index (κ2) is 8.69. The lowest BCUT2D eigenvalue weighted by Crippen LogP contribution is -2.34. The third-order valence-electron chi connectivity index (χ3n) is 2.48. The summed E-state index contributed by atoms with van der Waals surface area (Å²) in [6.07, 6.45) is 0. The van der Waals surface area contributed by atoms with Crippen molar-refractivity contribution < 1.29 is 14.8 Å². The Morgan fingerprint density at radius 2 is 1.83 bits per heavy atom. The van der Waals surface area contributed by atoms with Gasteiger partial charge < -0.3 is 20.7 Å². The van der Waals surface area contributed by atoms with Crippen molar-refractivity contribution >= 4 is 18.5 Å². The molecule has 0 aliphatic heterocycles. The number of carbonyl (C=O) groups is 1. The first kappa shape index (κ1) is 16.6. The van der Waals surface area contributed by atoms with Gasteiger partial charge in [0.1, 0.15) is 0 Å². The monoisotopic (exact) mass is 252 g/mol. The first-order valence-electron chi connectivity index (χ1n) is 5.93. The van der Waals surface area contributed by atoms with Crippen LogP contribution in [0.1, 0.15) is 24.2 Å². The Kier molecular flexibility index (Phi) is 8.03. The van der Waals surface area contributed by atoms with Crippen molar-refractivity contribution in [2.75, 3.05) is 20.1 Å². The van der Waals surface area contributed by atoms with Crippen LogP contribution in [0.4, 0.5) is 0 Å². The molecule has 0 heterocycles. The van der Waals surface area contributed by atoms with Gasteiger partial charge in [0.15, 0.2) is 0 Å². The summed E-state index contributed by atoms with van der Waals surface area (Å²) in [6.45, 7) is 5.10. The van der Waals surface area contributed by atoms with E-state index < -0.39 is 7.12 Å². The van der Waals surface area contributed by atoms with Crippen LogP contribution in [-0.4, -0.2) is 48.1 Å². The lowest BCUT2D eigenvalue weighted by molar-refractivity contribution is 0.0773. The number of amides is 1. The fourth-order valence-electron chi connectivity index (χ4n) is 1.53. The Morgan fingerprint density at radius 1 is 1.28 bits per heavy atom. The van der Waals surface area contributed by atoms with Gasteiger partial charge in [0.25, 0.3) is 5.91 Å². The van der Waals surface area contributed by atoms with Crippen molar-refractivity contribution in [2.24, 2.45) is 5.73 Å². The molecule has 5 nitrogen and oxygen atoms in total. The summed E-state index contributed by atoms with van der Waals surface area (Å²) in [5, 5.41) is 18.0. The zero-order valence-electron chi connectivity index (χ0n) is 11.1. The average Bonchev–Trinajstić information content (AvgIpc) is 2.42. The fraction of sp³-hybridized carbons (Fsp3) is 0.417. The van der Waals surface area contributed by atoms with E-state index in [-0.39, 0.29) is 5.91 Å². The van der Waals surface area contributed by atoms with Gasteiger partial charge in [0, 0.05) is 18.7 Å². The van der Waals surface area contributed by atoms with Gasteiger partial charge in [-0.25, -0.2) is 0 Å². The molecule has 0 atom stereocenters. The van der Waals surface area contributed by atoms with E-state index in [0.29, 0.717) is 24.1 Å². The number of benzene rings is 1. The Morgan fingerprint density at radius 3 is 2.28 bits per heavy atom. The van der Waals surface area contributed by atoms with Gasteiger partial charge in [-0.15, -0.1) is 0 Å². The molecule has 0 saturated heterocycles. The van der Waals surface area contributed by atoms with E-state index in [1.807, 2.05) is 13.8 Å². The Balaban J connectivity index is 0.00000137. The maximum atomic E-state index is 11.9. The molecule has 1 aromatic carbocycles. The molecule has 4 N–H and O–H groups in total. The van der Waals surface area contributed by atoms with Crippen LogP contribution in [0, 0.1) is 0 Å². The van der Waals surface area contributed by atoms with E-state index >= 15 is 0 Å². The van der Waals surface area contributed by atoms with Gasteiger partial charge in [-0.1, -0.05) is 12.1 Å². The van der Waals surface area contributed by atoms with Gasteiger partial charge in [-0.3, -0.25) is 4.79 Å². The third kappa shape index (κ3) is 4.48. The highest BCUT2D eigenvalue weighted by Gasteiger charge is 2.16. The Hall–Kier alpha value is -1.37. The number of rotatable bonds is 4. The van der Waals surface area contributed by atoms with Crippen LogP contribution in [-0.2, 0) is 0 Å². The first-order valence-corrected chi connectivity index (χ1v) is 5.93. The summed E-state index contributed by atoms with van der Waals surface area (Å²) < 4.78 is 0. The fourth-order valence-corrected chi connectivity index (χ4v) is 1.53. The van der Waals surface area contributed by atoms with Gasteiger partial charge in [0.05, 0.1) is 0 Å². The molecule has 1 aromatic rings. The molecule has 0 aromatic heterocycles. The van der Waals surface area contributed by atoms with Gasteiger partial charge in [0.2, 0.25) is 0 Å². The lowest BCUT2D eigenvalue weighted by Gasteiger charge is -2.18. The van der Waals surface area contributed by atoms with E-state index in [9.17, 15) is 4.79 Å². The van der Waals surface area contributed by atoms with Crippen molar-refractivity contribution in [3.8, 4) is 0 Å². The maximum absolute atomic E-state index is 11.9. The summed E-state index contributed by atoms with van der Waals surface area (Å²) >= 11 is 0. The smallest absolute Gasteiger partial charge is 0.423 e. The van der Waals surface area contributed by atoms with Crippen LogP contribution < -0.4 is 11.2 Å². The molecule has 0 fully saturated rings. The second-order valence-electron chi connectivity index (χ2n) is 3.48. The number of hydrogen-bond acceptors (Lipinski definition) is 4. The minimum Gasteiger partial charge on any atom is -0.423 e. The molecular weight excluding hydrogens is 231 g/mol. The highest BCUT2D eigenvalue weighted by Crippen LogP contribution is 2.03. The van der Waals surface area contributed by atoms with Gasteiger partial charge >= 0.3 is 7.12 Å². The summed E-state index contributed by atoms with van der Waals surface area (Å²) in [7, 11) is -0.0375. The normalized spacial score (nSPS) is 9.22. The van der Waals surface area contributed by atoms with Crippen molar-refractivity contribution in [3.63, 3.8) is 0 Å². The van der Waals surface area contributed by atoms with E-state index in [4.69, 9.17) is 10.0 Å². The maximum Gasteiger partial charge on any atom is 0.488 e. The molecule has 18 heavy (non-hydrogen) atoms. The highest BCUT2D eigenvalue weighted by molar-refractivity contribution is 6.58. The molecule has 1 rings (SSSR count). The third-order valence-corrected chi connectivity index (χ3v) is 2.48. The predicted molar refractivity (Wildman–Crippen MR) is 73.6 cm³/mol. The molecule has 0 unspecified atom stereocenters. The van der Waals surface area contributed by atoms with Crippen molar-refractivity contribution in [2.45, 2.75) is 13.8 Å². The van der Waals surface area contributed by atoms with E-state index in [2.05, 4.69) is 5.73 Å². The summed E-state index contributed by atoms with van der Waals surface area (Å²) in [5.74, 6) is -0.0903. The van der Waals surface area contributed by atoms with Gasteiger partial charge in [-0.2, -0.15) is 0 Å². The molecule has 6 heteroatoms. The van der Waals surface area contributed by atoms with Crippen molar-refractivity contribution in [3.05, 3.63) is 29.8 Å². The molecule has 1 amide bonds. The largest absolute Gasteiger partial charge is 0.488 e. The van der Waals surface area contributed by atoms with Crippen LogP contribution in [0.2, 0.25) is 0 Å². The Bertz CT molecular complexity index is 368. The number of nitrogens with zero attached hydrogens (tertiary/aromatic N) is 1. The van der Waals surface area contributed by atoms with Crippen molar-refractivity contribution in [1.29, 1.82) is 0 Å². The van der Waals surface area contributed by atoms with Crippen LogP contribution >= 0.6 is 0 Å². The zero-order chi connectivity index (χ0) is 14.1. The Labute approximate surface area is 108 Å². The van der Waals surface area contributed by atoms with Crippen LogP contribution in [0.15, 0.2) is 24.3 Å². The number of carbonyl (C=O) groups excluding carboxylic acids is 1. The topological polar surface area (TPSA) is 86.8 Å². The van der Waals surface area contributed by atoms with E-state index in [1.54, 1.807) is 23.1 Å². The standard InChI is InChI=1S/C11H16BNO3.CH5N/c1-3-13(4-2)11(14)9-6-5-7-10(8-9)12(15)16;1-2/h5-8,15-16H,3-4H2,1-2H3;2H2,1H3. The quantitative estimate of drug-likeness (QED) is 0.626. The minimum atomic E-state index is -1.54. The van der Waals surface area contributed by atoms with Crippen LogP contribution in [0.5, 0.6) is 0 Å². The predicted octanol–water partition coefficient (Wildman–Crippen LogP) is -0.577. The molecule has 0 aliphatic carbocycles. The molecule has 0 radical (unpaired) electrons. The van der Waals surface area contributed by atoms with Crippen LogP contribution in [0.3, 0.4) is 0 Å². The molecule has 0 bridgehead atoms. The number of nitrogens with two attached hydrogens (primary N) is 1. The first-order chi connectivity index (χ1) is 8.60. The average molecular weight is 252 g/mol. The SMILES string of the molecule is CCN(CC)C(=O)c1cccc(B(O)O)c1.CN. The molecule has 0 spiro atoms. The van der Waals surface area contributed by atoms with Gasteiger partial charge in [-0.05, 0) is 38.5 Å². The van der Waals surface area contributed by atoms with Crippen molar-refractivity contribution in [1.82, 2.24) is 4.90 Å².